The molecule has 1 amide bonds. The zero-order valence-electron chi connectivity index (χ0n) is 12.9. The Labute approximate surface area is 135 Å². The van der Waals surface area contributed by atoms with E-state index in [-0.39, 0.29) is 24.4 Å². The topological polar surface area (TPSA) is 46.6 Å². The predicted octanol–water partition coefficient (Wildman–Crippen LogP) is 2.89. The molecule has 0 spiro atoms. The first-order chi connectivity index (χ1) is 11.2. The van der Waals surface area contributed by atoms with Crippen LogP contribution in [0, 0.1) is 5.92 Å². The van der Waals surface area contributed by atoms with Crippen LogP contribution < -0.4 is 0 Å². The molecule has 2 aromatic carbocycles. The molecule has 1 atom stereocenters. The number of hydrogen-bond donors (Lipinski definition) is 0. The summed E-state index contributed by atoms with van der Waals surface area (Å²) in [4.78, 5) is 25.9. The monoisotopic (exact) mass is 309 g/mol. The van der Waals surface area contributed by atoms with Crippen molar-refractivity contribution in [2.45, 2.75) is 13.0 Å². The number of benzene rings is 2. The smallest absolute Gasteiger partial charge is 0.338 e. The summed E-state index contributed by atoms with van der Waals surface area (Å²) in [7, 11) is 0. The number of rotatable bonds is 5. The maximum Gasteiger partial charge on any atom is 0.338 e. The van der Waals surface area contributed by atoms with Gasteiger partial charge in [0.05, 0.1) is 12.2 Å². The van der Waals surface area contributed by atoms with E-state index in [1.807, 2.05) is 41.3 Å². The first kappa shape index (κ1) is 15.3. The largest absolute Gasteiger partial charge is 0.462 e. The molecule has 23 heavy (non-hydrogen) atoms. The van der Waals surface area contributed by atoms with Crippen LogP contribution >= 0.6 is 0 Å². The minimum absolute atomic E-state index is 0.0684. The van der Waals surface area contributed by atoms with Crippen molar-refractivity contribution in [1.29, 1.82) is 0 Å². The molecular weight excluding hydrogens is 290 g/mol. The lowest BCUT2D eigenvalue weighted by Gasteiger charge is -2.16. The molecule has 0 aromatic heterocycles. The predicted molar refractivity (Wildman–Crippen MR) is 86.7 cm³/mol. The Kier molecular flexibility index (Phi) is 4.71. The van der Waals surface area contributed by atoms with Crippen LogP contribution in [0.5, 0.6) is 0 Å². The van der Waals surface area contributed by atoms with Gasteiger partial charge in [-0.05, 0) is 17.7 Å². The Balaban J connectivity index is 1.51. The van der Waals surface area contributed by atoms with Crippen molar-refractivity contribution in [2.75, 3.05) is 13.2 Å². The summed E-state index contributed by atoms with van der Waals surface area (Å²) >= 11 is 0. The molecule has 118 valence electrons. The molecule has 0 aliphatic carbocycles. The average molecular weight is 309 g/mol. The van der Waals surface area contributed by atoms with Crippen molar-refractivity contribution in [3.05, 3.63) is 71.8 Å². The van der Waals surface area contributed by atoms with Gasteiger partial charge in [-0.2, -0.15) is 0 Å². The van der Waals surface area contributed by atoms with E-state index in [1.54, 1.807) is 24.3 Å². The van der Waals surface area contributed by atoms with Crippen LogP contribution in [0.15, 0.2) is 60.7 Å². The number of esters is 1. The van der Waals surface area contributed by atoms with Gasteiger partial charge in [0.25, 0.3) is 0 Å². The van der Waals surface area contributed by atoms with Gasteiger partial charge in [0, 0.05) is 25.4 Å². The van der Waals surface area contributed by atoms with E-state index in [1.165, 1.54) is 0 Å². The summed E-state index contributed by atoms with van der Waals surface area (Å²) in [5.41, 5.74) is 1.65. The SMILES string of the molecule is O=C(OCC1CC(=O)N(Cc2ccccc2)C1)c1ccccc1. The van der Waals surface area contributed by atoms with Crippen molar-refractivity contribution >= 4 is 11.9 Å². The highest BCUT2D eigenvalue weighted by Crippen LogP contribution is 2.20. The fourth-order valence-corrected chi connectivity index (χ4v) is 2.77. The zero-order valence-corrected chi connectivity index (χ0v) is 12.9. The van der Waals surface area contributed by atoms with Crippen LogP contribution in [-0.4, -0.2) is 29.9 Å². The van der Waals surface area contributed by atoms with E-state index < -0.39 is 0 Å². The summed E-state index contributed by atoms with van der Waals surface area (Å²) in [5.74, 6) is -0.145. The van der Waals surface area contributed by atoms with Crippen LogP contribution in [0.4, 0.5) is 0 Å². The summed E-state index contributed by atoms with van der Waals surface area (Å²) < 4.78 is 5.34. The van der Waals surface area contributed by atoms with Gasteiger partial charge in [0.2, 0.25) is 5.91 Å². The number of carbonyl (C=O) groups excluding carboxylic acids is 2. The maximum absolute atomic E-state index is 12.1. The highest BCUT2D eigenvalue weighted by atomic mass is 16.5. The molecule has 1 fully saturated rings. The summed E-state index contributed by atoms with van der Waals surface area (Å²) in [6, 6.07) is 18.8. The quantitative estimate of drug-likeness (QED) is 0.798. The lowest BCUT2D eigenvalue weighted by Crippen LogP contribution is -2.25. The fraction of sp³-hybridized carbons (Fsp3) is 0.263. The van der Waals surface area contributed by atoms with Gasteiger partial charge in [-0.3, -0.25) is 4.79 Å². The normalized spacial score (nSPS) is 17.3. The second-order valence-corrected chi connectivity index (χ2v) is 5.79. The Morgan fingerprint density at radius 2 is 1.70 bits per heavy atom. The van der Waals surface area contributed by atoms with E-state index in [0.29, 0.717) is 25.1 Å². The van der Waals surface area contributed by atoms with E-state index in [4.69, 9.17) is 4.74 Å². The second kappa shape index (κ2) is 7.09. The molecule has 1 aliphatic rings. The lowest BCUT2D eigenvalue weighted by atomic mass is 10.1. The van der Waals surface area contributed by atoms with E-state index >= 15 is 0 Å². The molecule has 0 bridgehead atoms. The minimum Gasteiger partial charge on any atom is -0.462 e. The van der Waals surface area contributed by atoms with Gasteiger partial charge in [-0.25, -0.2) is 4.79 Å². The van der Waals surface area contributed by atoms with Crippen LogP contribution in [0.2, 0.25) is 0 Å². The number of ether oxygens (including phenoxy) is 1. The highest BCUT2D eigenvalue weighted by molar-refractivity contribution is 5.89. The fourth-order valence-electron chi connectivity index (χ4n) is 2.77. The molecule has 2 aromatic rings. The average Bonchev–Trinajstić information content (AvgIpc) is 2.94. The maximum atomic E-state index is 12.1. The van der Waals surface area contributed by atoms with Crippen molar-refractivity contribution < 1.29 is 14.3 Å². The Morgan fingerprint density at radius 1 is 1.04 bits per heavy atom. The standard InChI is InChI=1S/C19H19NO3/c21-18-11-16(13-20(18)12-15-7-3-1-4-8-15)14-23-19(22)17-9-5-2-6-10-17/h1-10,16H,11-14H2. The number of amides is 1. The van der Waals surface area contributed by atoms with Crippen molar-refractivity contribution in [1.82, 2.24) is 4.90 Å². The van der Waals surface area contributed by atoms with E-state index in [0.717, 1.165) is 5.56 Å². The lowest BCUT2D eigenvalue weighted by molar-refractivity contribution is -0.128. The molecule has 1 aliphatic heterocycles. The minimum atomic E-state index is -0.334. The molecule has 0 N–H and O–H groups in total. The Morgan fingerprint density at radius 3 is 2.39 bits per heavy atom. The van der Waals surface area contributed by atoms with Gasteiger partial charge in [0.1, 0.15) is 0 Å². The number of nitrogens with zero attached hydrogens (tertiary/aromatic N) is 1. The number of carbonyl (C=O) groups is 2. The first-order valence-corrected chi connectivity index (χ1v) is 7.76. The Bertz CT molecular complexity index is 670. The molecule has 4 heteroatoms. The van der Waals surface area contributed by atoms with Crippen molar-refractivity contribution in [3.63, 3.8) is 0 Å². The van der Waals surface area contributed by atoms with Gasteiger partial charge in [0.15, 0.2) is 0 Å². The molecule has 4 nitrogen and oxygen atoms in total. The van der Waals surface area contributed by atoms with Crippen LogP contribution in [0.25, 0.3) is 0 Å². The molecule has 1 saturated heterocycles. The summed E-state index contributed by atoms with van der Waals surface area (Å²) in [6.07, 6.45) is 0.439. The molecule has 1 unspecified atom stereocenters. The highest BCUT2D eigenvalue weighted by Gasteiger charge is 2.30. The summed E-state index contributed by atoms with van der Waals surface area (Å²) in [6.45, 7) is 1.53. The molecule has 0 saturated carbocycles. The van der Waals surface area contributed by atoms with Gasteiger partial charge in [-0.1, -0.05) is 48.5 Å². The first-order valence-electron chi connectivity index (χ1n) is 7.76. The van der Waals surface area contributed by atoms with Gasteiger partial charge >= 0.3 is 5.97 Å². The van der Waals surface area contributed by atoms with Crippen LogP contribution in [-0.2, 0) is 16.1 Å². The van der Waals surface area contributed by atoms with Gasteiger partial charge in [-0.15, -0.1) is 0 Å². The zero-order chi connectivity index (χ0) is 16.1. The molecular formula is C19H19NO3. The molecule has 0 radical (unpaired) electrons. The third-order valence-corrected chi connectivity index (χ3v) is 3.97. The van der Waals surface area contributed by atoms with Crippen molar-refractivity contribution in [2.24, 2.45) is 5.92 Å². The van der Waals surface area contributed by atoms with Crippen LogP contribution in [0.1, 0.15) is 22.3 Å². The van der Waals surface area contributed by atoms with Crippen LogP contribution in [0.3, 0.4) is 0 Å². The summed E-state index contributed by atoms with van der Waals surface area (Å²) in [5, 5.41) is 0. The van der Waals surface area contributed by atoms with Crippen molar-refractivity contribution in [3.8, 4) is 0 Å². The number of hydrogen-bond acceptors (Lipinski definition) is 3. The molecule has 1 heterocycles. The third-order valence-electron chi connectivity index (χ3n) is 3.97. The van der Waals surface area contributed by atoms with E-state index in [9.17, 15) is 9.59 Å². The number of likely N-dealkylation sites (tertiary alicyclic amines) is 1. The molecule has 3 rings (SSSR count). The second-order valence-electron chi connectivity index (χ2n) is 5.79. The third kappa shape index (κ3) is 3.97. The van der Waals surface area contributed by atoms with E-state index in [2.05, 4.69) is 0 Å². The Hall–Kier alpha value is -2.62. The van der Waals surface area contributed by atoms with Gasteiger partial charge < -0.3 is 9.64 Å².